The Kier molecular flexibility index (Phi) is 1.89. The molecule has 2 aromatic rings. The number of benzene rings is 1. The number of hydrogen-bond acceptors (Lipinski definition) is 2. The summed E-state index contributed by atoms with van der Waals surface area (Å²) < 4.78 is 0. The lowest BCUT2D eigenvalue weighted by Gasteiger charge is -1.98. The topological polar surface area (TPSA) is 70.9 Å². The molecule has 3 rings (SSSR count). The van der Waals surface area contributed by atoms with Crippen molar-refractivity contribution in [1.82, 2.24) is 10.3 Å². The molecule has 1 fully saturated rings. The van der Waals surface area contributed by atoms with E-state index in [0.29, 0.717) is 17.4 Å². The molecule has 16 heavy (non-hydrogen) atoms. The van der Waals surface area contributed by atoms with E-state index in [4.69, 9.17) is 5.73 Å². The summed E-state index contributed by atoms with van der Waals surface area (Å²) in [5.74, 6) is -0.0303. The van der Waals surface area contributed by atoms with Crippen LogP contribution < -0.4 is 11.1 Å². The minimum atomic E-state index is -0.0303. The zero-order valence-corrected chi connectivity index (χ0v) is 8.79. The molecule has 82 valence electrons. The monoisotopic (exact) mass is 215 g/mol. The fourth-order valence-electron chi connectivity index (χ4n) is 1.76. The predicted molar refractivity (Wildman–Crippen MR) is 63.2 cm³/mol. The molecule has 0 unspecified atom stereocenters. The van der Waals surface area contributed by atoms with E-state index in [0.717, 1.165) is 23.7 Å². The summed E-state index contributed by atoms with van der Waals surface area (Å²) in [6, 6.07) is 7.78. The van der Waals surface area contributed by atoms with Gasteiger partial charge < -0.3 is 16.0 Å². The van der Waals surface area contributed by atoms with Crippen LogP contribution >= 0.6 is 0 Å². The average Bonchev–Trinajstić information content (AvgIpc) is 2.95. The molecule has 0 aliphatic heterocycles. The first-order valence-corrected chi connectivity index (χ1v) is 5.41. The second-order valence-electron chi connectivity index (χ2n) is 4.28. The average molecular weight is 215 g/mol. The molecule has 0 saturated heterocycles. The zero-order chi connectivity index (χ0) is 11.1. The van der Waals surface area contributed by atoms with Gasteiger partial charge in [-0.3, -0.25) is 4.79 Å². The molecular weight excluding hydrogens is 202 g/mol. The zero-order valence-electron chi connectivity index (χ0n) is 8.79. The number of H-pyrrole nitrogens is 1. The van der Waals surface area contributed by atoms with Gasteiger partial charge in [-0.1, -0.05) is 0 Å². The van der Waals surface area contributed by atoms with Gasteiger partial charge in [0.2, 0.25) is 0 Å². The van der Waals surface area contributed by atoms with E-state index in [1.807, 2.05) is 24.3 Å². The van der Waals surface area contributed by atoms with Gasteiger partial charge in [0.25, 0.3) is 5.91 Å². The third-order valence-electron chi connectivity index (χ3n) is 2.80. The molecule has 1 aliphatic carbocycles. The van der Waals surface area contributed by atoms with Crippen LogP contribution in [0.5, 0.6) is 0 Å². The summed E-state index contributed by atoms with van der Waals surface area (Å²) in [6.45, 7) is 0. The number of rotatable bonds is 2. The Morgan fingerprint density at radius 1 is 1.38 bits per heavy atom. The summed E-state index contributed by atoms with van der Waals surface area (Å²) in [5, 5.41) is 3.92. The van der Waals surface area contributed by atoms with Crippen molar-refractivity contribution in [3.63, 3.8) is 0 Å². The summed E-state index contributed by atoms with van der Waals surface area (Å²) >= 11 is 0. The van der Waals surface area contributed by atoms with Gasteiger partial charge in [0.1, 0.15) is 5.69 Å². The summed E-state index contributed by atoms with van der Waals surface area (Å²) in [4.78, 5) is 14.9. The number of nitrogen functional groups attached to an aromatic ring is 1. The van der Waals surface area contributed by atoms with E-state index in [-0.39, 0.29) is 5.91 Å². The van der Waals surface area contributed by atoms with Crippen LogP contribution in [0.15, 0.2) is 24.3 Å². The highest BCUT2D eigenvalue weighted by molar-refractivity contribution is 5.98. The molecule has 4 N–H and O–H groups in total. The first-order valence-electron chi connectivity index (χ1n) is 5.41. The summed E-state index contributed by atoms with van der Waals surface area (Å²) in [7, 11) is 0. The molecule has 1 aromatic heterocycles. The van der Waals surface area contributed by atoms with Crippen LogP contribution in [0.1, 0.15) is 23.3 Å². The second-order valence-corrected chi connectivity index (χ2v) is 4.28. The Morgan fingerprint density at radius 3 is 2.94 bits per heavy atom. The lowest BCUT2D eigenvalue weighted by molar-refractivity contribution is 0.0947. The van der Waals surface area contributed by atoms with Crippen molar-refractivity contribution in [3.05, 3.63) is 30.0 Å². The summed E-state index contributed by atoms with van der Waals surface area (Å²) in [5.41, 5.74) is 7.94. The van der Waals surface area contributed by atoms with Gasteiger partial charge >= 0.3 is 0 Å². The van der Waals surface area contributed by atoms with Gasteiger partial charge in [-0.15, -0.1) is 0 Å². The van der Waals surface area contributed by atoms with Gasteiger partial charge in [-0.2, -0.15) is 0 Å². The molecule has 1 heterocycles. The molecule has 0 spiro atoms. The number of aromatic amines is 1. The Balaban J connectivity index is 1.94. The van der Waals surface area contributed by atoms with Crippen LogP contribution in [0.2, 0.25) is 0 Å². The quantitative estimate of drug-likeness (QED) is 0.666. The molecular formula is C12H13N3O. The van der Waals surface area contributed by atoms with E-state index in [2.05, 4.69) is 10.3 Å². The number of nitrogens with two attached hydrogens (primary N) is 1. The number of fused-ring (bicyclic) bond motifs is 1. The van der Waals surface area contributed by atoms with Crippen LogP contribution in [0, 0.1) is 0 Å². The van der Waals surface area contributed by atoms with Crippen LogP contribution in [0.4, 0.5) is 5.69 Å². The molecule has 0 atom stereocenters. The predicted octanol–water partition coefficient (Wildman–Crippen LogP) is 1.64. The van der Waals surface area contributed by atoms with Crippen molar-refractivity contribution in [2.45, 2.75) is 18.9 Å². The highest BCUT2D eigenvalue weighted by Gasteiger charge is 2.24. The standard InChI is InChI=1S/C12H13N3O/c13-8-1-4-10-7(5-8)6-11(15-10)12(16)14-9-2-3-9/h1,4-6,9,15H,2-3,13H2,(H,14,16). The van der Waals surface area contributed by atoms with Gasteiger partial charge in [0.05, 0.1) is 0 Å². The van der Waals surface area contributed by atoms with Crippen molar-refractivity contribution in [2.24, 2.45) is 0 Å². The number of aromatic nitrogens is 1. The first-order chi connectivity index (χ1) is 7.72. The maximum Gasteiger partial charge on any atom is 0.267 e. The maximum atomic E-state index is 11.8. The van der Waals surface area contributed by atoms with Crippen molar-refractivity contribution in [2.75, 3.05) is 5.73 Å². The lowest BCUT2D eigenvalue weighted by Crippen LogP contribution is -2.25. The molecule has 0 radical (unpaired) electrons. The third kappa shape index (κ3) is 1.62. The molecule has 4 heteroatoms. The Morgan fingerprint density at radius 2 is 2.19 bits per heavy atom. The van der Waals surface area contributed by atoms with E-state index in [9.17, 15) is 4.79 Å². The first kappa shape index (κ1) is 9.27. The Bertz CT molecular complexity index is 554. The van der Waals surface area contributed by atoms with Crippen LogP contribution in [-0.2, 0) is 0 Å². The maximum absolute atomic E-state index is 11.8. The normalized spacial score (nSPS) is 15.2. The van der Waals surface area contributed by atoms with Gasteiger partial charge in [0, 0.05) is 22.6 Å². The molecule has 0 bridgehead atoms. The Hall–Kier alpha value is -1.97. The smallest absolute Gasteiger partial charge is 0.267 e. The van der Waals surface area contributed by atoms with E-state index >= 15 is 0 Å². The number of carbonyl (C=O) groups is 1. The van der Waals surface area contributed by atoms with Crippen LogP contribution in [0.25, 0.3) is 10.9 Å². The largest absolute Gasteiger partial charge is 0.399 e. The minimum absolute atomic E-state index is 0.0303. The molecule has 4 nitrogen and oxygen atoms in total. The Labute approximate surface area is 92.8 Å². The van der Waals surface area contributed by atoms with Crippen LogP contribution in [-0.4, -0.2) is 16.9 Å². The fraction of sp³-hybridized carbons (Fsp3) is 0.250. The number of amides is 1. The SMILES string of the molecule is Nc1ccc2[nH]c(C(=O)NC3CC3)cc2c1. The van der Waals surface area contributed by atoms with Crippen molar-refractivity contribution >= 4 is 22.5 Å². The van der Waals surface area contributed by atoms with Gasteiger partial charge in [-0.05, 0) is 37.1 Å². The summed E-state index contributed by atoms with van der Waals surface area (Å²) in [6.07, 6.45) is 2.19. The number of carbonyl (C=O) groups excluding carboxylic acids is 1. The molecule has 1 aromatic carbocycles. The van der Waals surface area contributed by atoms with E-state index in [1.165, 1.54) is 0 Å². The number of nitrogens with one attached hydrogen (secondary N) is 2. The highest BCUT2D eigenvalue weighted by atomic mass is 16.2. The molecule has 1 amide bonds. The number of anilines is 1. The fourth-order valence-corrected chi connectivity index (χ4v) is 1.76. The second kappa shape index (κ2) is 3.27. The number of hydrogen-bond donors (Lipinski definition) is 3. The van der Waals surface area contributed by atoms with E-state index < -0.39 is 0 Å². The van der Waals surface area contributed by atoms with Gasteiger partial charge in [0.15, 0.2) is 0 Å². The third-order valence-corrected chi connectivity index (χ3v) is 2.80. The van der Waals surface area contributed by atoms with Crippen molar-refractivity contribution < 1.29 is 4.79 Å². The molecule has 1 saturated carbocycles. The minimum Gasteiger partial charge on any atom is -0.399 e. The molecule has 1 aliphatic rings. The van der Waals surface area contributed by atoms with Crippen molar-refractivity contribution in [1.29, 1.82) is 0 Å². The van der Waals surface area contributed by atoms with E-state index in [1.54, 1.807) is 0 Å². The van der Waals surface area contributed by atoms with Gasteiger partial charge in [-0.25, -0.2) is 0 Å². The van der Waals surface area contributed by atoms with Crippen LogP contribution in [0.3, 0.4) is 0 Å². The van der Waals surface area contributed by atoms with Crippen molar-refractivity contribution in [3.8, 4) is 0 Å². The lowest BCUT2D eigenvalue weighted by atomic mass is 10.2. The highest BCUT2D eigenvalue weighted by Crippen LogP contribution is 2.21.